The van der Waals surface area contributed by atoms with Crippen LogP contribution in [0.4, 0.5) is 11.4 Å². The van der Waals surface area contributed by atoms with Crippen molar-refractivity contribution in [3.05, 3.63) is 99.7 Å². The number of hydrogen-bond acceptors (Lipinski definition) is 5. The second kappa shape index (κ2) is 10.2. The maximum atomic E-state index is 13.1. The van der Waals surface area contributed by atoms with E-state index in [1.54, 1.807) is 42.5 Å². The van der Waals surface area contributed by atoms with Crippen LogP contribution in [0.15, 0.2) is 77.5 Å². The molecule has 35 heavy (non-hydrogen) atoms. The summed E-state index contributed by atoms with van der Waals surface area (Å²) >= 11 is 6.24. The van der Waals surface area contributed by atoms with Gasteiger partial charge in [0.15, 0.2) is 0 Å². The van der Waals surface area contributed by atoms with Crippen LogP contribution in [0.2, 0.25) is 0 Å². The highest BCUT2D eigenvalue weighted by Gasteiger charge is 2.39. The van der Waals surface area contributed by atoms with Crippen molar-refractivity contribution in [3.8, 4) is 5.75 Å². The minimum atomic E-state index is -0.585. The monoisotopic (exact) mass is 488 g/mol. The van der Waals surface area contributed by atoms with Crippen LogP contribution in [0.25, 0.3) is 0 Å². The summed E-state index contributed by atoms with van der Waals surface area (Å²) in [6.45, 7) is 5.82. The van der Waals surface area contributed by atoms with Gasteiger partial charge in [-0.15, -0.1) is 0 Å². The van der Waals surface area contributed by atoms with Crippen LogP contribution in [-0.4, -0.2) is 17.8 Å². The molecule has 0 unspecified atom stereocenters. The molecule has 1 heterocycles. The summed E-state index contributed by atoms with van der Waals surface area (Å²) in [5, 5.41) is 2.73. The van der Waals surface area contributed by atoms with E-state index in [2.05, 4.69) is 12.2 Å². The van der Waals surface area contributed by atoms with Crippen molar-refractivity contribution in [3.63, 3.8) is 0 Å². The van der Waals surface area contributed by atoms with E-state index in [-0.39, 0.29) is 10.7 Å². The number of nitrogens with zero attached hydrogens (tertiary/aromatic N) is 1. The molecule has 0 radical (unpaired) electrons. The van der Waals surface area contributed by atoms with Gasteiger partial charge in [-0.1, -0.05) is 49.2 Å². The second-order valence-corrected chi connectivity index (χ2v) is 8.79. The van der Waals surface area contributed by atoms with Crippen LogP contribution in [0, 0.1) is 13.8 Å². The molecule has 1 aliphatic heterocycles. The number of esters is 1. The first-order valence-corrected chi connectivity index (χ1v) is 11.7. The summed E-state index contributed by atoms with van der Waals surface area (Å²) in [5.74, 6) is -1.15. The fourth-order valence-electron chi connectivity index (χ4n) is 3.80. The molecule has 178 valence electrons. The maximum absolute atomic E-state index is 13.1. The summed E-state index contributed by atoms with van der Waals surface area (Å²) < 4.78 is 5.44. The van der Waals surface area contributed by atoms with E-state index in [0.29, 0.717) is 22.7 Å². The first kappa shape index (κ1) is 24.2. The third-order valence-corrected chi connectivity index (χ3v) is 6.05. The number of nitrogens with one attached hydrogen (secondary N) is 1. The van der Waals surface area contributed by atoms with Gasteiger partial charge in [-0.25, -0.2) is 9.69 Å². The number of halogens is 1. The molecule has 6 nitrogen and oxygen atoms in total. The summed E-state index contributed by atoms with van der Waals surface area (Å²) in [6.07, 6.45) is 2.02. The number of rotatable bonds is 7. The fraction of sp³-hybridized carbons (Fsp3) is 0.179. The van der Waals surface area contributed by atoms with Crippen LogP contribution < -0.4 is 15.0 Å². The first-order valence-electron chi connectivity index (χ1n) is 11.3. The van der Waals surface area contributed by atoms with Gasteiger partial charge in [0.1, 0.15) is 16.5 Å². The lowest BCUT2D eigenvalue weighted by Crippen LogP contribution is -2.32. The highest BCUT2D eigenvalue weighted by molar-refractivity contribution is 6.53. The van der Waals surface area contributed by atoms with Crippen LogP contribution >= 0.6 is 11.6 Å². The fourth-order valence-corrected chi connectivity index (χ4v) is 4.02. The van der Waals surface area contributed by atoms with E-state index in [1.807, 2.05) is 38.1 Å². The Morgan fingerprint density at radius 3 is 2.29 bits per heavy atom. The quantitative estimate of drug-likeness (QED) is 0.254. The Labute approximate surface area is 209 Å². The van der Waals surface area contributed by atoms with Gasteiger partial charge in [-0.2, -0.15) is 0 Å². The van der Waals surface area contributed by atoms with E-state index in [4.69, 9.17) is 16.3 Å². The van der Waals surface area contributed by atoms with Gasteiger partial charge in [0.05, 0.1) is 11.3 Å². The number of aryl methyl sites for hydroxylation is 3. The molecule has 2 amide bonds. The normalized spacial score (nSPS) is 13.4. The zero-order valence-electron chi connectivity index (χ0n) is 19.7. The molecule has 1 aliphatic rings. The average Bonchev–Trinajstić information content (AvgIpc) is 3.05. The van der Waals surface area contributed by atoms with Crippen molar-refractivity contribution >= 4 is 40.8 Å². The second-order valence-electron chi connectivity index (χ2n) is 8.41. The minimum absolute atomic E-state index is 0.0138. The van der Waals surface area contributed by atoms with E-state index >= 15 is 0 Å². The number of benzene rings is 3. The standard InChI is InChI=1S/C28H25ClN2O4/c1-4-5-19-8-14-22(15-9-19)35-28(34)20-10-12-21(13-11-20)30-25-24(29)26(32)31(27(25)33)23-16-17(2)6-7-18(23)3/h6-16,30H,4-5H2,1-3H3. The number of carbonyl (C=O) groups excluding carboxylic acids is 3. The Morgan fingerprint density at radius 2 is 1.63 bits per heavy atom. The highest BCUT2D eigenvalue weighted by Crippen LogP contribution is 2.32. The topological polar surface area (TPSA) is 75.7 Å². The molecule has 7 heteroatoms. The number of hydrogen-bond donors (Lipinski definition) is 1. The third kappa shape index (κ3) is 5.12. The Balaban J connectivity index is 1.46. The number of amides is 2. The molecule has 3 aromatic rings. The van der Waals surface area contributed by atoms with Crippen molar-refractivity contribution in [2.75, 3.05) is 10.2 Å². The molecule has 4 rings (SSSR count). The van der Waals surface area contributed by atoms with Gasteiger partial charge in [0.25, 0.3) is 11.8 Å². The summed E-state index contributed by atoms with van der Waals surface area (Å²) in [7, 11) is 0. The van der Waals surface area contributed by atoms with Gasteiger partial charge < -0.3 is 10.1 Å². The van der Waals surface area contributed by atoms with Crippen molar-refractivity contribution < 1.29 is 19.1 Å². The summed E-state index contributed by atoms with van der Waals surface area (Å²) in [4.78, 5) is 39.4. The molecular formula is C28H25ClN2O4. The Morgan fingerprint density at radius 1 is 0.943 bits per heavy atom. The van der Waals surface area contributed by atoms with Crippen LogP contribution in [0.5, 0.6) is 5.75 Å². The Hall–Kier alpha value is -3.90. The van der Waals surface area contributed by atoms with Gasteiger partial charge in [0, 0.05) is 5.69 Å². The van der Waals surface area contributed by atoms with Crippen molar-refractivity contribution in [2.24, 2.45) is 0 Å². The highest BCUT2D eigenvalue weighted by atomic mass is 35.5. The van der Waals surface area contributed by atoms with Gasteiger partial charge in [-0.05, 0) is 79.4 Å². The zero-order chi connectivity index (χ0) is 25.1. The SMILES string of the molecule is CCCc1ccc(OC(=O)c2ccc(NC3=C(Cl)C(=O)N(c4cc(C)ccc4C)C3=O)cc2)cc1. The molecular weight excluding hydrogens is 464 g/mol. The number of anilines is 2. The molecule has 3 aromatic carbocycles. The summed E-state index contributed by atoms with van der Waals surface area (Å²) in [6, 6.07) is 19.4. The smallest absolute Gasteiger partial charge is 0.343 e. The lowest BCUT2D eigenvalue weighted by molar-refractivity contribution is -0.120. The zero-order valence-corrected chi connectivity index (χ0v) is 20.5. The predicted molar refractivity (Wildman–Crippen MR) is 137 cm³/mol. The van der Waals surface area contributed by atoms with Crippen molar-refractivity contribution in [1.82, 2.24) is 0 Å². The predicted octanol–water partition coefficient (Wildman–Crippen LogP) is 5.91. The number of ether oxygens (including phenoxy) is 1. The van der Waals surface area contributed by atoms with Crippen molar-refractivity contribution in [2.45, 2.75) is 33.6 Å². The third-order valence-electron chi connectivity index (χ3n) is 5.70. The first-order chi connectivity index (χ1) is 16.8. The average molecular weight is 489 g/mol. The lowest BCUT2D eigenvalue weighted by atomic mass is 10.1. The van der Waals surface area contributed by atoms with Crippen molar-refractivity contribution in [1.29, 1.82) is 0 Å². The molecule has 0 aromatic heterocycles. The Bertz CT molecular complexity index is 1330. The molecule has 1 N–H and O–H groups in total. The molecule has 0 spiro atoms. The lowest BCUT2D eigenvalue weighted by Gasteiger charge is -2.18. The van der Waals surface area contributed by atoms with Gasteiger partial charge >= 0.3 is 5.97 Å². The molecule has 0 bridgehead atoms. The maximum Gasteiger partial charge on any atom is 0.343 e. The van der Waals surface area contributed by atoms with E-state index in [0.717, 1.165) is 28.9 Å². The molecule has 0 saturated heterocycles. The number of carbonyl (C=O) groups is 3. The van der Waals surface area contributed by atoms with Crippen LogP contribution in [-0.2, 0) is 16.0 Å². The van der Waals surface area contributed by atoms with E-state index in [9.17, 15) is 14.4 Å². The minimum Gasteiger partial charge on any atom is -0.423 e. The summed E-state index contributed by atoms with van der Waals surface area (Å²) in [5.41, 5.74) is 4.22. The van der Waals surface area contributed by atoms with Gasteiger partial charge in [-0.3, -0.25) is 9.59 Å². The Kier molecular flexibility index (Phi) is 7.03. The largest absolute Gasteiger partial charge is 0.423 e. The number of imide groups is 1. The van der Waals surface area contributed by atoms with Gasteiger partial charge in [0.2, 0.25) is 0 Å². The molecule has 0 fully saturated rings. The van der Waals surface area contributed by atoms with E-state index in [1.165, 1.54) is 5.56 Å². The molecule has 0 aliphatic carbocycles. The van der Waals surface area contributed by atoms with E-state index < -0.39 is 17.8 Å². The van der Waals surface area contributed by atoms with Crippen LogP contribution in [0.3, 0.4) is 0 Å². The molecule has 0 saturated carbocycles. The molecule has 0 atom stereocenters. The van der Waals surface area contributed by atoms with Crippen LogP contribution in [0.1, 0.15) is 40.4 Å².